The van der Waals surface area contributed by atoms with Gasteiger partial charge >= 0.3 is 5.97 Å². The van der Waals surface area contributed by atoms with Crippen LogP contribution in [0.25, 0.3) is 10.9 Å². The van der Waals surface area contributed by atoms with Gasteiger partial charge in [-0.25, -0.2) is 4.79 Å². The van der Waals surface area contributed by atoms with Crippen molar-refractivity contribution in [3.8, 4) is 0 Å². The van der Waals surface area contributed by atoms with Gasteiger partial charge in [0.25, 0.3) is 0 Å². The summed E-state index contributed by atoms with van der Waals surface area (Å²) in [4.78, 5) is 12.0. The van der Waals surface area contributed by atoms with E-state index in [1.165, 1.54) is 32.8 Å². The van der Waals surface area contributed by atoms with E-state index in [1.54, 1.807) is 0 Å². The first-order valence-corrected chi connectivity index (χ1v) is 6.92. The summed E-state index contributed by atoms with van der Waals surface area (Å²) in [5.41, 5.74) is 2.93. The molecule has 0 amide bonds. The predicted molar refractivity (Wildman–Crippen MR) is 75.5 cm³/mol. The monoisotopic (exact) mass is 257 g/mol. The third-order valence-corrected chi connectivity index (χ3v) is 4.24. The van der Waals surface area contributed by atoms with Crippen LogP contribution < -0.4 is 0 Å². The summed E-state index contributed by atoms with van der Waals surface area (Å²) >= 11 is 0. The first kappa shape index (κ1) is 12.3. The number of fused-ring (bicyclic) bond motifs is 1. The van der Waals surface area contributed by atoms with E-state index in [0.717, 1.165) is 22.2 Å². The van der Waals surface area contributed by atoms with Crippen LogP contribution in [0.3, 0.4) is 0 Å². The Labute approximate surface area is 113 Å². The molecule has 1 aliphatic carbocycles. The molecule has 1 aromatic heterocycles. The topological polar surface area (TPSA) is 31.2 Å². The molecule has 100 valence electrons. The van der Waals surface area contributed by atoms with Crippen LogP contribution in [0.2, 0.25) is 0 Å². The lowest BCUT2D eigenvalue weighted by Crippen LogP contribution is -2.09. The standard InChI is InChI=1S/C16H19NO2/c1-11-15(16(18)19-2)13-9-5-6-10-14(13)17(11)12-7-3-4-8-12/h5-6,9-10,12H,3-4,7-8H2,1-2H3. The molecule has 19 heavy (non-hydrogen) atoms. The highest BCUT2D eigenvalue weighted by molar-refractivity contribution is 6.05. The fourth-order valence-corrected chi connectivity index (χ4v) is 3.38. The Morgan fingerprint density at radius 2 is 1.95 bits per heavy atom. The molecule has 0 radical (unpaired) electrons. The number of aromatic nitrogens is 1. The fourth-order valence-electron chi connectivity index (χ4n) is 3.38. The number of carbonyl (C=O) groups is 1. The third kappa shape index (κ3) is 1.84. The van der Waals surface area contributed by atoms with Crippen molar-refractivity contribution in [1.82, 2.24) is 4.57 Å². The van der Waals surface area contributed by atoms with E-state index in [4.69, 9.17) is 4.74 Å². The Bertz CT molecular complexity index is 621. The van der Waals surface area contributed by atoms with E-state index in [9.17, 15) is 4.79 Å². The molecule has 3 rings (SSSR count). The summed E-state index contributed by atoms with van der Waals surface area (Å²) in [7, 11) is 1.45. The van der Waals surface area contributed by atoms with Crippen molar-refractivity contribution in [3.05, 3.63) is 35.5 Å². The molecule has 0 atom stereocenters. The van der Waals surface area contributed by atoms with Crippen LogP contribution in [-0.2, 0) is 4.74 Å². The number of nitrogens with zero attached hydrogens (tertiary/aromatic N) is 1. The molecule has 1 aliphatic rings. The molecule has 0 aliphatic heterocycles. The molecule has 3 heteroatoms. The smallest absolute Gasteiger partial charge is 0.340 e. The lowest BCUT2D eigenvalue weighted by molar-refractivity contribution is 0.0601. The summed E-state index contributed by atoms with van der Waals surface area (Å²) in [6, 6.07) is 8.66. The molecule has 1 fully saturated rings. The van der Waals surface area contributed by atoms with Gasteiger partial charge in [-0.1, -0.05) is 31.0 Å². The van der Waals surface area contributed by atoms with E-state index in [2.05, 4.69) is 10.6 Å². The highest BCUT2D eigenvalue weighted by Crippen LogP contribution is 2.36. The van der Waals surface area contributed by atoms with Gasteiger partial charge in [0.15, 0.2) is 0 Å². The maximum atomic E-state index is 12.0. The van der Waals surface area contributed by atoms with E-state index in [1.807, 2.05) is 25.1 Å². The molecule has 0 saturated heterocycles. The van der Waals surface area contributed by atoms with E-state index in [0.29, 0.717) is 6.04 Å². The molecule has 0 bridgehead atoms. The van der Waals surface area contributed by atoms with Crippen molar-refractivity contribution in [2.75, 3.05) is 7.11 Å². The number of hydrogen-bond donors (Lipinski definition) is 0. The minimum absolute atomic E-state index is 0.231. The van der Waals surface area contributed by atoms with Crippen LogP contribution in [-0.4, -0.2) is 17.6 Å². The fraction of sp³-hybridized carbons (Fsp3) is 0.438. The Morgan fingerprint density at radius 1 is 1.26 bits per heavy atom. The highest BCUT2D eigenvalue weighted by Gasteiger charge is 2.25. The summed E-state index contributed by atoms with van der Waals surface area (Å²) < 4.78 is 7.29. The van der Waals surface area contributed by atoms with Gasteiger partial charge in [-0.15, -0.1) is 0 Å². The average Bonchev–Trinajstić information content (AvgIpc) is 3.02. The Morgan fingerprint density at radius 3 is 2.63 bits per heavy atom. The Hall–Kier alpha value is -1.77. The number of methoxy groups -OCH3 is 1. The summed E-state index contributed by atoms with van der Waals surface area (Å²) in [5, 5.41) is 1.01. The van der Waals surface area contributed by atoms with Gasteiger partial charge in [-0.05, 0) is 25.8 Å². The van der Waals surface area contributed by atoms with Gasteiger partial charge < -0.3 is 9.30 Å². The quantitative estimate of drug-likeness (QED) is 0.765. The number of para-hydroxylation sites is 1. The Balaban J connectivity index is 2.26. The number of esters is 1. The normalized spacial score (nSPS) is 16.1. The van der Waals surface area contributed by atoms with Crippen LogP contribution >= 0.6 is 0 Å². The van der Waals surface area contributed by atoms with Gasteiger partial charge in [0, 0.05) is 22.6 Å². The summed E-state index contributed by atoms with van der Waals surface area (Å²) in [5.74, 6) is -0.231. The molecule has 0 unspecified atom stereocenters. The van der Waals surface area contributed by atoms with Crippen molar-refractivity contribution in [1.29, 1.82) is 0 Å². The van der Waals surface area contributed by atoms with Gasteiger partial charge in [-0.3, -0.25) is 0 Å². The largest absolute Gasteiger partial charge is 0.465 e. The maximum absolute atomic E-state index is 12.0. The first-order valence-electron chi connectivity index (χ1n) is 6.92. The Kier molecular flexibility index (Phi) is 3.05. The van der Waals surface area contributed by atoms with Crippen LogP contribution in [0, 0.1) is 6.92 Å². The van der Waals surface area contributed by atoms with Gasteiger partial charge in [-0.2, -0.15) is 0 Å². The lowest BCUT2D eigenvalue weighted by atomic mass is 10.1. The SMILES string of the molecule is COC(=O)c1c(C)n(C2CCCC2)c2ccccc12. The second-order valence-corrected chi connectivity index (χ2v) is 5.28. The summed E-state index contributed by atoms with van der Waals surface area (Å²) in [6.07, 6.45) is 4.98. The zero-order valence-corrected chi connectivity index (χ0v) is 11.5. The van der Waals surface area contributed by atoms with Crippen molar-refractivity contribution < 1.29 is 9.53 Å². The molecule has 0 N–H and O–H groups in total. The number of carbonyl (C=O) groups excluding carboxylic acids is 1. The molecule has 3 nitrogen and oxygen atoms in total. The number of hydrogen-bond acceptors (Lipinski definition) is 2. The summed E-state index contributed by atoms with van der Waals surface area (Å²) in [6.45, 7) is 2.03. The zero-order valence-electron chi connectivity index (χ0n) is 11.5. The molecule has 0 spiro atoms. The lowest BCUT2D eigenvalue weighted by Gasteiger charge is -2.16. The third-order valence-electron chi connectivity index (χ3n) is 4.24. The van der Waals surface area contributed by atoms with Gasteiger partial charge in [0.2, 0.25) is 0 Å². The van der Waals surface area contributed by atoms with Crippen LogP contribution in [0.5, 0.6) is 0 Å². The van der Waals surface area contributed by atoms with Crippen LogP contribution in [0.1, 0.15) is 47.8 Å². The number of benzene rings is 1. The first-order chi connectivity index (χ1) is 9.24. The minimum atomic E-state index is -0.231. The van der Waals surface area contributed by atoms with Crippen molar-refractivity contribution in [2.45, 2.75) is 38.6 Å². The van der Waals surface area contributed by atoms with Gasteiger partial charge in [0.05, 0.1) is 12.7 Å². The van der Waals surface area contributed by atoms with Crippen molar-refractivity contribution in [3.63, 3.8) is 0 Å². The van der Waals surface area contributed by atoms with Crippen molar-refractivity contribution >= 4 is 16.9 Å². The van der Waals surface area contributed by atoms with Gasteiger partial charge in [0.1, 0.15) is 0 Å². The van der Waals surface area contributed by atoms with E-state index in [-0.39, 0.29) is 5.97 Å². The molecule has 1 saturated carbocycles. The molecule has 2 aromatic rings. The van der Waals surface area contributed by atoms with E-state index < -0.39 is 0 Å². The second-order valence-electron chi connectivity index (χ2n) is 5.28. The zero-order chi connectivity index (χ0) is 13.4. The highest BCUT2D eigenvalue weighted by atomic mass is 16.5. The molecule has 1 aromatic carbocycles. The minimum Gasteiger partial charge on any atom is -0.465 e. The van der Waals surface area contributed by atoms with Crippen LogP contribution in [0.15, 0.2) is 24.3 Å². The van der Waals surface area contributed by atoms with Crippen molar-refractivity contribution in [2.24, 2.45) is 0 Å². The average molecular weight is 257 g/mol. The second kappa shape index (κ2) is 4.72. The molecule has 1 heterocycles. The predicted octanol–water partition coefficient (Wildman–Crippen LogP) is 3.85. The van der Waals surface area contributed by atoms with Crippen LogP contribution in [0.4, 0.5) is 0 Å². The molecular formula is C16H19NO2. The number of rotatable bonds is 2. The number of ether oxygens (including phenoxy) is 1. The molecular weight excluding hydrogens is 238 g/mol. The van der Waals surface area contributed by atoms with E-state index >= 15 is 0 Å². The maximum Gasteiger partial charge on any atom is 0.340 e.